The zero-order valence-corrected chi connectivity index (χ0v) is 14.8. The van der Waals surface area contributed by atoms with Crippen LogP contribution in [0.15, 0.2) is 30.4 Å². The van der Waals surface area contributed by atoms with Gasteiger partial charge in [0.25, 0.3) is 0 Å². The molecule has 2 bridgehead atoms. The molecule has 1 aromatic rings. The third-order valence-electron chi connectivity index (χ3n) is 5.55. The van der Waals surface area contributed by atoms with Crippen molar-refractivity contribution in [3.63, 3.8) is 0 Å². The van der Waals surface area contributed by atoms with Gasteiger partial charge in [0.1, 0.15) is 12.4 Å². The van der Waals surface area contributed by atoms with Gasteiger partial charge in [-0.05, 0) is 30.4 Å². The Balaban J connectivity index is 1.54. The van der Waals surface area contributed by atoms with Gasteiger partial charge in [-0.3, -0.25) is 14.5 Å². The predicted octanol–water partition coefficient (Wildman–Crippen LogP) is 2.11. The number of rotatable bonds is 5. The molecule has 4 rings (SSSR count). The van der Waals surface area contributed by atoms with E-state index in [0.29, 0.717) is 36.7 Å². The van der Waals surface area contributed by atoms with Crippen molar-refractivity contribution in [1.82, 2.24) is 0 Å². The summed E-state index contributed by atoms with van der Waals surface area (Å²) in [5.41, 5.74) is 1.05. The molecule has 2 amide bonds. The Labute approximate surface area is 155 Å². The highest BCUT2D eigenvalue weighted by molar-refractivity contribution is 5.97. The standard InChI is InChI=1S/C19H20N2O6/c1-26-14-9-12(4-5-13(14)21-6-7-27-19(21)25)20-17(22)15-10-2-3-11(8-10)16(15)18(23)24/h2-5,9-11,15-16H,6-8H2,1H3,(H,20,22)(H,23,24)/t10-,11-,15+,16+/m0/s1. The molecule has 2 N–H and O–H groups in total. The highest BCUT2D eigenvalue weighted by atomic mass is 16.6. The van der Waals surface area contributed by atoms with Crippen molar-refractivity contribution in [3.8, 4) is 5.75 Å². The minimum absolute atomic E-state index is 0.0448. The number of carbonyl (C=O) groups excluding carboxylic acids is 2. The van der Waals surface area contributed by atoms with E-state index in [2.05, 4.69) is 5.32 Å². The highest BCUT2D eigenvalue weighted by Gasteiger charge is 2.51. The summed E-state index contributed by atoms with van der Waals surface area (Å²) in [6.07, 6.45) is 4.11. The van der Waals surface area contributed by atoms with Crippen LogP contribution in [0.25, 0.3) is 0 Å². The fraction of sp³-hybridized carbons (Fsp3) is 0.421. The summed E-state index contributed by atoms with van der Waals surface area (Å²) in [7, 11) is 1.48. The topological polar surface area (TPSA) is 105 Å². The molecular weight excluding hydrogens is 352 g/mol. The molecule has 1 aliphatic heterocycles. The molecule has 0 unspecified atom stereocenters. The molecule has 2 fully saturated rings. The number of carbonyl (C=O) groups is 3. The number of methoxy groups -OCH3 is 1. The van der Waals surface area contributed by atoms with Crippen molar-refractivity contribution in [2.24, 2.45) is 23.7 Å². The van der Waals surface area contributed by atoms with E-state index in [0.717, 1.165) is 0 Å². The van der Waals surface area contributed by atoms with Crippen LogP contribution in [0.2, 0.25) is 0 Å². The third kappa shape index (κ3) is 2.90. The van der Waals surface area contributed by atoms with Crippen LogP contribution in [-0.2, 0) is 14.3 Å². The Morgan fingerprint density at radius 1 is 1.26 bits per heavy atom. The molecule has 1 saturated carbocycles. The first-order chi connectivity index (χ1) is 13.0. The highest BCUT2D eigenvalue weighted by Crippen LogP contribution is 2.48. The number of cyclic esters (lactones) is 1. The van der Waals surface area contributed by atoms with E-state index in [1.54, 1.807) is 18.2 Å². The van der Waals surface area contributed by atoms with Gasteiger partial charge in [0.15, 0.2) is 0 Å². The van der Waals surface area contributed by atoms with Gasteiger partial charge in [-0.25, -0.2) is 4.79 Å². The number of carboxylic acid groups (broad SMARTS) is 1. The molecule has 4 atom stereocenters. The maximum absolute atomic E-state index is 12.8. The van der Waals surface area contributed by atoms with Crippen LogP contribution in [-0.4, -0.2) is 43.3 Å². The average Bonchev–Trinajstić information content (AvgIpc) is 3.37. The monoisotopic (exact) mass is 372 g/mol. The van der Waals surface area contributed by atoms with E-state index in [9.17, 15) is 19.5 Å². The maximum Gasteiger partial charge on any atom is 0.414 e. The number of hydrogen-bond donors (Lipinski definition) is 2. The van der Waals surface area contributed by atoms with E-state index < -0.39 is 23.9 Å². The van der Waals surface area contributed by atoms with E-state index in [4.69, 9.17) is 9.47 Å². The Kier molecular flexibility index (Phi) is 4.25. The summed E-state index contributed by atoms with van der Waals surface area (Å²) in [4.78, 5) is 37.6. The first-order valence-corrected chi connectivity index (χ1v) is 8.84. The quantitative estimate of drug-likeness (QED) is 0.767. The van der Waals surface area contributed by atoms with E-state index in [1.807, 2.05) is 12.2 Å². The number of aliphatic carboxylic acids is 1. The average molecular weight is 372 g/mol. The number of benzene rings is 1. The van der Waals surface area contributed by atoms with Crippen molar-refractivity contribution >= 4 is 29.3 Å². The zero-order valence-electron chi connectivity index (χ0n) is 14.8. The molecule has 27 heavy (non-hydrogen) atoms. The first-order valence-electron chi connectivity index (χ1n) is 8.84. The number of nitrogens with zero attached hydrogens (tertiary/aromatic N) is 1. The summed E-state index contributed by atoms with van der Waals surface area (Å²) in [5, 5.41) is 12.3. The van der Waals surface area contributed by atoms with Gasteiger partial charge in [0.2, 0.25) is 5.91 Å². The molecular formula is C19H20N2O6. The van der Waals surface area contributed by atoms with Crippen molar-refractivity contribution in [2.75, 3.05) is 30.5 Å². The van der Waals surface area contributed by atoms with Crippen molar-refractivity contribution in [1.29, 1.82) is 0 Å². The summed E-state index contributed by atoms with van der Waals surface area (Å²) in [6.45, 7) is 0.744. The molecule has 1 aromatic carbocycles. The Morgan fingerprint density at radius 2 is 2.00 bits per heavy atom. The van der Waals surface area contributed by atoms with Crippen molar-refractivity contribution < 1.29 is 29.0 Å². The number of ether oxygens (including phenoxy) is 2. The van der Waals surface area contributed by atoms with Crippen LogP contribution in [0.1, 0.15) is 6.42 Å². The fourth-order valence-corrected chi connectivity index (χ4v) is 4.33. The van der Waals surface area contributed by atoms with E-state index in [-0.39, 0.29) is 17.7 Å². The summed E-state index contributed by atoms with van der Waals surface area (Å²) in [5.74, 6) is -2.23. The van der Waals surface area contributed by atoms with Crippen LogP contribution in [0, 0.1) is 23.7 Å². The summed E-state index contributed by atoms with van der Waals surface area (Å²) < 4.78 is 10.3. The predicted molar refractivity (Wildman–Crippen MR) is 95.7 cm³/mol. The lowest BCUT2D eigenvalue weighted by molar-refractivity contribution is -0.146. The first kappa shape index (κ1) is 17.4. The van der Waals surface area contributed by atoms with Crippen molar-refractivity contribution in [2.45, 2.75) is 6.42 Å². The molecule has 0 radical (unpaired) electrons. The summed E-state index contributed by atoms with van der Waals surface area (Å²) >= 11 is 0. The maximum atomic E-state index is 12.8. The SMILES string of the molecule is COc1cc(NC(=O)[C@H]2[C@H](C(=O)O)[C@H]3C=C[C@H]2C3)ccc1N1CCOC1=O. The van der Waals surface area contributed by atoms with Gasteiger partial charge in [-0.15, -0.1) is 0 Å². The number of anilines is 2. The molecule has 8 heteroatoms. The van der Waals surface area contributed by atoms with Crippen LogP contribution < -0.4 is 15.0 Å². The van der Waals surface area contributed by atoms with Crippen LogP contribution >= 0.6 is 0 Å². The molecule has 142 valence electrons. The second-order valence-corrected chi connectivity index (χ2v) is 6.98. The largest absolute Gasteiger partial charge is 0.494 e. The minimum Gasteiger partial charge on any atom is -0.494 e. The number of hydrogen-bond acceptors (Lipinski definition) is 5. The lowest BCUT2D eigenvalue weighted by Crippen LogP contribution is -2.36. The molecule has 1 saturated heterocycles. The lowest BCUT2D eigenvalue weighted by Gasteiger charge is -2.24. The number of fused-ring (bicyclic) bond motifs is 2. The van der Waals surface area contributed by atoms with Crippen LogP contribution in [0.5, 0.6) is 5.75 Å². The summed E-state index contributed by atoms with van der Waals surface area (Å²) in [6, 6.07) is 4.97. The number of allylic oxidation sites excluding steroid dienone is 2. The van der Waals surface area contributed by atoms with Gasteiger partial charge in [-0.2, -0.15) is 0 Å². The van der Waals surface area contributed by atoms with Crippen molar-refractivity contribution in [3.05, 3.63) is 30.4 Å². The second kappa shape index (κ2) is 6.61. The molecule has 1 heterocycles. The normalized spacial score (nSPS) is 28.3. The molecule has 0 spiro atoms. The third-order valence-corrected chi connectivity index (χ3v) is 5.55. The van der Waals surface area contributed by atoms with Gasteiger partial charge in [0, 0.05) is 11.8 Å². The molecule has 2 aliphatic carbocycles. The second-order valence-electron chi connectivity index (χ2n) is 6.98. The lowest BCUT2D eigenvalue weighted by atomic mass is 9.82. The van der Waals surface area contributed by atoms with Crippen LogP contribution in [0.4, 0.5) is 16.2 Å². The molecule has 0 aromatic heterocycles. The molecule has 8 nitrogen and oxygen atoms in total. The van der Waals surface area contributed by atoms with E-state index >= 15 is 0 Å². The fourth-order valence-electron chi connectivity index (χ4n) is 4.33. The van der Waals surface area contributed by atoms with Gasteiger partial charge < -0.3 is 19.9 Å². The number of nitrogens with one attached hydrogen (secondary N) is 1. The van der Waals surface area contributed by atoms with E-state index in [1.165, 1.54) is 12.0 Å². The Hall–Kier alpha value is -3.03. The Morgan fingerprint density at radius 3 is 2.63 bits per heavy atom. The Bertz CT molecular complexity index is 835. The smallest absolute Gasteiger partial charge is 0.414 e. The van der Waals surface area contributed by atoms with Gasteiger partial charge in [0.05, 0.1) is 31.2 Å². The van der Waals surface area contributed by atoms with Gasteiger partial charge in [-0.1, -0.05) is 12.2 Å². The molecule has 3 aliphatic rings. The van der Waals surface area contributed by atoms with Gasteiger partial charge >= 0.3 is 12.1 Å². The number of amides is 2. The minimum atomic E-state index is -0.938. The zero-order chi connectivity index (χ0) is 19.1. The van der Waals surface area contributed by atoms with Crippen LogP contribution in [0.3, 0.4) is 0 Å². The number of carboxylic acids is 1.